The monoisotopic (exact) mass is 864 g/mol. The van der Waals surface area contributed by atoms with Crippen LogP contribution in [-0.2, 0) is 36.3 Å². The van der Waals surface area contributed by atoms with E-state index >= 15 is 0 Å². The van der Waals surface area contributed by atoms with E-state index in [4.69, 9.17) is 31.8 Å². The molecular formula is C49H69N9O5. The van der Waals surface area contributed by atoms with Crippen LogP contribution in [0.5, 0.6) is 0 Å². The fourth-order valence-electron chi connectivity index (χ4n) is 8.82. The SMILES string of the molecule is COC(=O)C(CCCNC(=N)N)(CCCNC(=N)N)CNC(=O)[C@H](Cc1c(C(C)C)[nH]c2cc(C(C)(C)C)cc(C(C)(C)C)c12)NC(=O)OCC1c2ccccc2-c2ccccc21. The zero-order valence-electron chi connectivity index (χ0n) is 38.6. The molecule has 0 bridgehead atoms. The first-order valence-corrected chi connectivity index (χ1v) is 22.0. The molecule has 0 saturated heterocycles. The normalized spacial score (nSPS) is 14.0. The van der Waals surface area contributed by atoms with Crippen LogP contribution in [0.4, 0.5) is 4.79 Å². The maximum Gasteiger partial charge on any atom is 0.407 e. The number of rotatable bonds is 18. The van der Waals surface area contributed by atoms with Gasteiger partial charge in [0, 0.05) is 48.6 Å². The standard InChI is InChI=1S/C49H69N9O5/c1-29(2)41-35(40-37(48(6,7)8)24-30(47(3,4)5)25-38(40)57-41)26-39(58-46(61)63-27-36-33-18-12-10-16-31(33)32-17-11-13-19-34(32)36)42(59)56-28-49(43(60)62-9,20-14-22-54-44(50)51)21-15-23-55-45(52)53/h10-13,16-19,24-25,29,36,39,57H,14-15,20-23,26-28H2,1-9H3,(H,56,59)(H,58,61)(H4,50,51,54)(H4,52,53,55)/t39-/m0/s1. The van der Waals surface area contributed by atoms with Crippen molar-refractivity contribution in [3.8, 4) is 11.1 Å². The van der Waals surface area contributed by atoms with E-state index in [1.807, 2.05) is 24.3 Å². The van der Waals surface area contributed by atoms with Gasteiger partial charge < -0.3 is 47.2 Å². The molecule has 1 aliphatic carbocycles. The summed E-state index contributed by atoms with van der Waals surface area (Å²) in [6, 6.07) is 19.6. The molecule has 2 amide bonds. The summed E-state index contributed by atoms with van der Waals surface area (Å²) in [6.45, 7) is 18.0. The molecule has 340 valence electrons. The predicted molar refractivity (Wildman–Crippen MR) is 251 cm³/mol. The molecule has 4 aromatic rings. The molecule has 0 aliphatic heterocycles. The minimum Gasteiger partial charge on any atom is -0.469 e. The van der Waals surface area contributed by atoms with Crippen LogP contribution in [0.25, 0.3) is 22.0 Å². The zero-order chi connectivity index (χ0) is 46.3. The van der Waals surface area contributed by atoms with Crippen LogP contribution in [0.3, 0.4) is 0 Å². The molecular weight excluding hydrogens is 795 g/mol. The van der Waals surface area contributed by atoms with Crippen molar-refractivity contribution in [2.45, 2.75) is 116 Å². The van der Waals surface area contributed by atoms with E-state index in [9.17, 15) is 14.4 Å². The van der Waals surface area contributed by atoms with Gasteiger partial charge in [0.05, 0.1) is 12.5 Å². The van der Waals surface area contributed by atoms with Gasteiger partial charge in [-0.2, -0.15) is 0 Å². The molecule has 11 N–H and O–H groups in total. The first kappa shape index (κ1) is 48.0. The van der Waals surface area contributed by atoms with Gasteiger partial charge in [-0.05, 0) is 87.4 Å². The molecule has 1 heterocycles. The lowest BCUT2D eigenvalue weighted by atomic mass is 9.77. The highest BCUT2D eigenvalue weighted by Gasteiger charge is 2.40. The lowest BCUT2D eigenvalue weighted by Gasteiger charge is -2.32. The number of nitrogens with two attached hydrogens (primary N) is 2. The number of H-pyrrole nitrogens is 1. The van der Waals surface area contributed by atoms with Crippen LogP contribution in [0.2, 0.25) is 0 Å². The summed E-state index contributed by atoms with van der Waals surface area (Å²) in [5.74, 6) is -1.52. The number of hydrogen-bond donors (Lipinski definition) is 9. The molecule has 14 nitrogen and oxygen atoms in total. The number of aromatic amines is 1. The molecule has 14 heteroatoms. The van der Waals surface area contributed by atoms with E-state index in [0.29, 0.717) is 25.9 Å². The van der Waals surface area contributed by atoms with Crippen LogP contribution in [0, 0.1) is 16.2 Å². The molecule has 0 saturated carbocycles. The van der Waals surface area contributed by atoms with Crippen LogP contribution < -0.4 is 32.7 Å². The van der Waals surface area contributed by atoms with Gasteiger partial charge in [0.25, 0.3) is 0 Å². The highest BCUT2D eigenvalue weighted by Crippen LogP contribution is 2.45. The lowest BCUT2D eigenvalue weighted by Crippen LogP contribution is -2.52. The Hall–Kier alpha value is -6.05. The van der Waals surface area contributed by atoms with Gasteiger partial charge in [-0.15, -0.1) is 0 Å². The third-order valence-electron chi connectivity index (χ3n) is 12.2. The van der Waals surface area contributed by atoms with Gasteiger partial charge in [0.1, 0.15) is 12.6 Å². The minimum atomic E-state index is -1.19. The Morgan fingerprint density at radius 1 is 0.810 bits per heavy atom. The molecule has 63 heavy (non-hydrogen) atoms. The molecule has 0 fully saturated rings. The Balaban J connectivity index is 1.52. The van der Waals surface area contributed by atoms with E-state index in [1.54, 1.807) is 0 Å². The van der Waals surface area contributed by atoms with Crippen molar-refractivity contribution < 1.29 is 23.9 Å². The van der Waals surface area contributed by atoms with Crippen LogP contribution in [0.15, 0.2) is 60.7 Å². The number of fused-ring (bicyclic) bond motifs is 4. The van der Waals surface area contributed by atoms with Gasteiger partial charge in [0.2, 0.25) is 5.91 Å². The smallest absolute Gasteiger partial charge is 0.407 e. The Morgan fingerprint density at radius 2 is 1.37 bits per heavy atom. The average molecular weight is 864 g/mol. The van der Waals surface area contributed by atoms with E-state index in [-0.39, 0.29) is 67.0 Å². The van der Waals surface area contributed by atoms with Gasteiger partial charge >= 0.3 is 12.1 Å². The summed E-state index contributed by atoms with van der Waals surface area (Å²) in [5, 5.41) is 27.8. The van der Waals surface area contributed by atoms with Crippen molar-refractivity contribution in [1.82, 2.24) is 26.3 Å². The number of carbonyl (C=O) groups is 3. The largest absolute Gasteiger partial charge is 0.469 e. The van der Waals surface area contributed by atoms with Gasteiger partial charge in [-0.1, -0.05) is 110 Å². The molecule has 0 spiro atoms. The molecule has 0 unspecified atom stereocenters. The zero-order valence-corrected chi connectivity index (χ0v) is 38.6. The fraction of sp³-hybridized carbons (Fsp3) is 0.490. The van der Waals surface area contributed by atoms with Crippen molar-refractivity contribution >= 4 is 40.8 Å². The highest BCUT2D eigenvalue weighted by molar-refractivity contribution is 5.92. The molecule has 3 aromatic carbocycles. The number of guanidine groups is 2. The number of benzene rings is 3. The number of esters is 1. The van der Waals surface area contributed by atoms with Crippen molar-refractivity contribution in [3.63, 3.8) is 0 Å². The maximum absolute atomic E-state index is 14.8. The molecule has 1 aliphatic rings. The number of aromatic nitrogens is 1. The predicted octanol–water partition coefficient (Wildman–Crippen LogP) is 7.14. The summed E-state index contributed by atoms with van der Waals surface area (Å²) < 4.78 is 11.4. The number of hydrogen-bond acceptors (Lipinski definition) is 7. The Kier molecular flexibility index (Phi) is 15.2. The Labute approximate surface area is 372 Å². The van der Waals surface area contributed by atoms with Crippen molar-refractivity contribution in [2.75, 3.05) is 33.4 Å². The topological polar surface area (TPSA) is 233 Å². The van der Waals surface area contributed by atoms with Gasteiger partial charge in [-0.25, -0.2) is 4.79 Å². The summed E-state index contributed by atoms with van der Waals surface area (Å²) in [7, 11) is 1.31. The second-order valence-electron chi connectivity index (χ2n) is 19.2. The second kappa shape index (κ2) is 20.0. The molecule has 0 radical (unpaired) electrons. The highest BCUT2D eigenvalue weighted by atomic mass is 16.5. The molecule has 1 atom stereocenters. The summed E-state index contributed by atoms with van der Waals surface area (Å²) in [4.78, 5) is 46.4. The van der Waals surface area contributed by atoms with E-state index in [1.165, 1.54) is 12.7 Å². The van der Waals surface area contributed by atoms with Crippen LogP contribution >= 0.6 is 0 Å². The minimum absolute atomic E-state index is 0.0515. The summed E-state index contributed by atoms with van der Waals surface area (Å²) in [5.41, 5.74) is 19.0. The number of methoxy groups -OCH3 is 1. The first-order valence-electron chi connectivity index (χ1n) is 22.0. The van der Waals surface area contributed by atoms with Crippen LogP contribution in [-0.4, -0.2) is 74.3 Å². The third-order valence-corrected chi connectivity index (χ3v) is 12.2. The molecule has 5 rings (SSSR count). The molecule has 1 aromatic heterocycles. The first-order chi connectivity index (χ1) is 29.7. The number of ether oxygens (including phenoxy) is 2. The number of alkyl carbamates (subject to hydrolysis) is 1. The van der Waals surface area contributed by atoms with Gasteiger partial charge in [0.15, 0.2) is 11.9 Å². The van der Waals surface area contributed by atoms with Crippen molar-refractivity contribution in [2.24, 2.45) is 16.9 Å². The quantitative estimate of drug-likeness (QED) is 0.0214. The van der Waals surface area contributed by atoms with Crippen molar-refractivity contribution in [1.29, 1.82) is 10.8 Å². The number of carbonyl (C=O) groups excluding carboxylic acids is 3. The second-order valence-corrected chi connectivity index (χ2v) is 19.2. The Morgan fingerprint density at radius 3 is 1.86 bits per heavy atom. The Bertz CT molecular complexity index is 2230. The summed E-state index contributed by atoms with van der Waals surface area (Å²) >= 11 is 0. The fourth-order valence-corrected chi connectivity index (χ4v) is 8.82. The van der Waals surface area contributed by atoms with Crippen LogP contribution in [0.1, 0.15) is 126 Å². The van der Waals surface area contributed by atoms with E-state index < -0.39 is 29.4 Å². The number of nitrogens with one attached hydrogen (secondary N) is 7. The van der Waals surface area contributed by atoms with E-state index in [0.717, 1.165) is 50.0 Å². The summed E-state index contributed by atoms with van der Waals surface area (Å²) in [6.07, 6.45) is 0.846. The number of amides is 2. The average Bonchev–Trinajstić information content (AvgIpc) is 3.75. The van der Waals surface area contributed by atoms with Gasteiger partial charge in [-0.3, -0.25) is 20.4 Å². The maximum atomic E-state index is 14.8. The van der Waals surface area contributed by atoms with E-state index in [2.05, 4.69) is 118 Å². The third kappa shape index (κ3) is 11.5. The lowest BCUT2D eigenvalue weighted by molar-refractivity contribution is -0.154. The van der Waals surface area contributed by atoms with Crippen molar-refractivity contribution in [3.05, 3.63) is 94.2 Å².